The molecule has 0 aliphatic carbocycles. The minimum absolute atomic E-state index is 0. The summed E-state index contributed by atoms with van der Waals surface area (Å²) in [7, 11) is 0. The number of rotatable bonds is 2. The molecule has 1 unspecified atom stereocenters. The summed E-state index contributed by atoms with van der Waals surface area (Å²) in [5, 5.41) is 8.51. The number of carboxylic acid groups (broad SMARTS) is 1. The Hall–Kier alpha value is -0.280. The summed E-state index contributed by atoms with van der Waals surface area (Å²) in [5.74, 6) is -0.0396. The van der Waals surface area contributed by atoms with Crippen molar-refractivity contribution in [3.05, 3.63) is 0 Å². The van der Waals surface area contributed by atoms with Gasteiger partial charge >= 0.3 is 5.97 Å². The summed E-state index contributed by atoms with van der Waals surface area (Å²) in [6.07, 6.45) is 2.39. The van der Waals surface area contributed by atoms with E-state index in [1.54, 1.807) is 0 Å². The number of hydrogen-bond donors (Lipinski definition) is 1. The third kappa shape index (κ3) is 3.93. The van der Waals surface area contributed by atoms with Crippen LogP contribution in [0.2, 0.25) is 0 Å². The zero-order chi connectivity index (χ0) is 8.27. The van der Waals surface area contributed by atoms with Gasteiger partial charge in [-0.15, -0.1) is 12.4 Å². The zero-order valence-corrected chi connectivity index (χ0v) is 8.14. The van der Waals surface area contributed by atoms with Crippen molar-refractivity contribution in [2.24, 2.45) is 5.92 Å². The predicted octanol–water partition coefficient (Wildman–Crippen LogP) is 1.22. The van der Waals surface area contributed by atoms with E-state index in [2.05, 4.69) is 6.92 Å². The number of likely N-dealkylation sites (tertiary alicyclic amines) is 1. The normalized spacial score (nSPS) is 24.6. The summed E-state index contributed by atoms with van der Waals surface area (Å²) < 4.78 is 0. The highest BCUT2D eigenvalue weighted by Crippen LogP contribution is 2.14. The summed E-state index contributed by atoms with van der Waals surface area (Å²) in [5.41, 5.74) is 0. The van der Waals surface area contributed by atoms with E-state index >= 15 is 0 Å². The van der Waals surface area contributed by atoms with Crippen LogP contribution in [-0.4, -0.2) is 35.6 Å². The van der Waals surface area contributed by atoms with Gasteiger partial charge in [0.15, 0.2) is 0 Å². The first-order valence-corrected chi connectivity index (χ1v) is 4.12. The van der Waals surface area contributed by atoms with E-state index in [1.807, 2.05) is 4.90 Å². The van der Waals surface area contributed by atoms with Crippen LogP contribution in [0.5, 0.6) is 0 Å². The van der Waals surface area contributed by atoms with Crippen LogP contribution in [0.3, 0.4) is 0 Å². The van der Waals surface area contributed by atoms with Crippen LogP contribution in [0.15, 0.2) is 0 Å². The van der Waals surface area contributed by atoms with Crippen molar-refractivity contribution in [1.82, 2.24) is 4.90 Å². The molecule has 1 aliphatic heterocycles. The fourth-order valence-electron chi connectivity index (χ4n) is 1.62. The van der Waals surface area contributed by atoms with E-state index in [1.165, 1.54) is 6.42 Å². The fraction of sp³-hybridized carbons (Fsp3) is 0.875. The first-order valence-electron chi connectivity index (χ1n) is 4.12. The maximum absolute atomic E-state index is 10.3. The van der Waals surface area contributed by atoms with E-state index in [9.17, 15) is 4.79 Å². The summed E-state index contributed by atoms with van der Waals surface area (Å²) in [6, 6.07) is 0. The summed E-state index contributed by atoms with van der Waals surface area (Å²) in [6.45, 7) is 4.29. The molecular weight excluding hydrogens is 178 g/mol. The molecule has 0 saturated carbocycles. The van der Waals surface area contributed by atoms with E-state index in [-0.39, 0.29) is 19.0 Å². The Kier molecular flexibility index (Phi) is 5.25. The van der Waals surface area contributed by atoms with E-state index in [4.69, 9.17) is 5.11 Å². The molecule has 0 aromatic heterocycles. The summed E-state index contributed by atoms with van der Waals surface area (Å²) in [4.78, 5) is 12.3. The van der Waals surface area contributed by atoms with Gasteiger partial charge in [0, 0.05) is 6.54 Å². The van der Waals surface area contributed by atoms with Gasteiger partial charge in [-0.1, -0.05) is 6.92 Å². The molecule has 0 aromatic rings. The van der Waals surface area contributed by atoms with Gasteiger partial charge in [0.2, 0.25) is 0 Å². The smallest absolute Gasteiger partial charge is 0.317 e. The number of aliphatic carboxylic acids is 1. The van der Waals surface area contributed by atoms with Crippen LogP contribution < -0.4 is 0 Å². The van der Waals surface area contributed by atoms with Crippen molar-refractivity contribution in [2.75, 3.05) is 19.6 Å². The van der Waals surface area contributed by atoms with Crippen LogP contribution in [0.1, 0.15) is 19.8 Å². The minimum atomic E-state index is -0.709. The first kappa shape index (κ1) is 11.7. The molecule has 1 fully saturated rings. The highest BCUT2D eigenvalue weighted by molar-refractivity contribution is 5.85. The average molecular weight is 194 g/mol. The topological polar surface area (TPSA) is 40.5 Å². The van der Waals surface area contributed by atoms with Crippen molar-refractivity contribution >= 4 is 18.4 Å². The molecule has 1 N–H and O–H groups in total. The van der Waals surface area contributed by atoms with Gasteiger partial charge in [0.1, 0.15) is 0 Å². The predicted molar refractivity (Wildman–Crippen MR) is 49.7 cm³/mol. The van der Waals surface area contributed by atoms with Gasteiger partial charge in [-0.05, 0) is 25.3 Å². The van der Waals surface area contributed by atoms with Crippen molar-refractivity contribution in [3.63, 3.8) is 0 Å². The number of halogens is 1. The molecule has 72 valence electrons. The van der Waals surface area contributed by atoms with Crippen LogP contribution in [0, 0.1) is 5.92 Å². The van der Waals surface area contributed by atoms with Crippen molar-refractivity contribution in [3.8, 4) is 0 Å². The second kappa shape index (κ2) is 5.38. The van der Waals surface area contributed by atoms with Crippen LogP contribution in [0.4, 0.5) is 0 Å². The molecule has 1 atom stereocenters. The van der Waals surface area contributed by atoms with Crippen LogP contribution in [0.25, 0.3) is 0 Å². The van der Waals surface area contributed by atoms with Gasteiger partial charge in [-0.25, -0.2) is 0 Å². The first-order chi connectivity index (χ1) is 5.18. The highest BCUT2D eigenvalue weighted by Gasteiger charge is 2.17. The minimum Gasteiger partial charge on any atom is -0.480 e. The van der Waals surface area contributed by atoms with Gasteiger partial charge in [0.05, 0.1) is 6.54 Å². The number of carboxylic acids is 1. The Balaban J connectivity index is 0.00000121. The van der Waals surface area contributed by atoms with Gasteiger partial charge in [-0.2, -0.15) is 0 Å². The molecular formula is C8H16ClNO2. The highest BCUT2D eigenvalue weighted by atomic mass is 35.5. The Morgan fingerprint density at radius 1 is 1.67 bits per heavy atom. The fourth-order valence-corrected chi connectivity index (χ4v) is 1.62. The third-order valence-electron chi connectivity index (χ3n) is 2.10. The second-order valence-corrected chi connectivity index (χ2v) is 3.38. The molecule has 4 heteroatoms. The lowest BCUT2D eigenvalue weighted by atomic mass is 10.0. The number of hydrogen-bond acceptors (Lipinski definition) is 2. The lowest BCUT2D eigenvalue weighted by Crippen LogP contribution is -2.37. The molecule has 1 aliphatic rings. The lowest BCUT2D eigenvalue weighted by molar-refractivity contribution is -0.138. The largest absolute Gasteiger partial charge is 0.480 e. The Bertz CT molecular complexity index is 152. The Labute approximate surface area is 79.2 Å². The standard InChI is InChI=1S/C8H15NO2.ClH/c1-7-3-2-4-9(5-7)6-8(10)11;/h7H,2-6H2,1H3,(H,10,11);1H. The van der Waals surface area contributed by atoms with Crippen molar-refractivity contribution in [2.45, 2.75) is 19.8 Å². The molecule has 1 rings (SSSR count). The average Bonchev–Trinajstić information content (AvgIpc) is 1.85. The van der Waals surface area contributed by atoms with E-state index in [0.717, 1.165) is 19.5 Å². The number of carbonyl (C=O) groups is 1. The van der Waals surface area contributed by atoms with Crippen molar-refractivity contribution in [1.29, 1.82) is 0 Å². The Morgan fingerprint density at radius 2 is 2.33 bits per heavy atom. The maximum atomic E-state index is 10.3. The van der Waals surface area contributed by atoms with E-state index in [0.29, 0.717) is 5.92 Å². The molecule has 1 saturated heterocycles. The molecule has 1 heterocycles. The second-order valence-electron chi connectivity index (χ2n) is 3.38. The van der Waals surface area contributed by atoms with Gasteiger partial charge < -0.3 is 5.11 Å². The number of nitrogens with zero attached hydrogens (tertiary/aromatic N) is 1. The molecule has 0 radical (unpaired) electrons. The van der Waals surface area contributed by atoms with Gasteiger partial charge in [-0.3, -0.25) is 9.69 Å². The van der Waals surface area contributed by atoms with Crippen LogP contribution in [-0.2, 0) is 4.79 Å². The molecule has 12 heavy (non-hydrogen) atoms. The third-order valence-corrected chi connectivity index (χ3v) is 2.10. The SMILES string of the molecule is CC1CCCN(CC(=O)O)C1.Cl. The summed E-state index contributed by atoms with van der Waals surface area (Å²) >= 11 is 0. The molecule has 3 nitrogen and oxygen atoms in total. The molecule has 0 bridgehead atoms. The Morgan fingerprint density at radius 3 is 2.83 bits per heavy atom. The molecule has 0 aromatic carbocycles. The quantitative estimate of drug-likeness (QED) is 0.717. The van der Waals surface area contributed by atoms with E-state index < -0.39 is 5.97 Å². The van der Waals surface area contributed by atoms with Gasteiger partial charge in [0.25, 0.3) is 0 Å². The lowest BCUT2D eigenvalue weighted by Gasteiger charge is -2.29. The zero-order valence-electron chi connectivity index (χ0n) is 7.32. The van der Waals surface area contributed by atoms with Crippen molar-refractivity contribution < 1.29 is 9.90 Å². The molecule has 0 amide bonds. The van der Waals surface area contributed by atoms with Crippen LogP contribution >= 0.6 is 12.4 Å². The monoisotopic (exact) mass is 193 g/mol. The number of piperidine rings is 1. The maximum Gasteiger partial charge on any atom is 0.317 e. The molecule has 0 spiro atoms.